The highest BCUT2D eigenvalue weighted by atomic mass is 32.2. The van der Waals surface area contributed by atoms with Crippen LogP contribution in [0.25, 0.3) is 0 Å². The fourth-order valence-electron chi connectivity index (χ4n) is 1.70. The summed E-state index contributed by atoms with van der Waals surface area (Å²) >= 11 is 0. The first kappa shape index (κ1) is 17.6. The molecular formula is C14H21NO5S. The van der Waals surface area contributed by atoms with Gasteiger partial charge >= 0.3 is 5.97 Å². The number of nitrogens with two attached hydrogens (primary N) is 1. The number of aryl methyl sites for hydroxylation is 1. The number of rotatable bonds is 4. The fraction of sp³-hybridized carbons (Fsp3) is 0.500. The Labute approximate surface area is 125 Å². The zero-order valence-electron chi connectivity index (χ0n) is 12.8. The normalized spacial score (nSPS) is 13.8. The van der Waals surface area contributed by atoms with Crippen molar-refractivity contribution < 1.29 is 22.1 Å². The van der Waals surface area contributed by atoms with Crippen LogP contribution < -0.4 is 5.73 Å². The third-order valence-corrected chi connectivity index (χ3v) is 3.05. The molecule has 6 nitrogen and oxygen atoms in total. The number of ether oxygens (including phenoxy) is 1. The number of carbonyl (C=O) groups excluding carboxylic acids is 1. The highest BCUT2D eigenvalue weighted by Crippen LogP contribution is 2.21. The maximum atomic E-state index is 11.9. The summed E-state index contributed by atoms with van der Waals surface area (Å²) in [7, 11) is -3.66. The maximum Gasteiger partial charge on any atom is 0.338 e. The van der Waals surface area contributed by atoms with Crippen LogP contribution in [0.1, 0.15) is 48.5 Å². The summed E-state index contributed by atoms with van der Waals surface area (Å²) in [5.41, 5.74) is 6.62. The molecule has 1 atom stereocenters. The molecule has 1 aromatic carbocycles. The smallest absolute Gasteiger partial charge is 0.338 e. The van der Waals surface area contributed by atoms with E-state index in [1.165, 1.54) is 6.07 Å². The minimum absolute atomic E-state index is 0.373. The average molecular weight is 315 g/mol. The van der Waals surface area contributed by atoms with Crippen LogP contribution in [0.5, 0.6) is 0 Å². The Bertz CT molecular complexity index is 631. The van der Waals surface area contributed by atoms with E-state index < -0.39 is 27.9 Å². The number of esters is 1. The summed E-state index contributed by atoms with van der Waals surface area (Å²) in [5.74, 6) is -0.449. The van der Waals surface area contributed by atoms with Gasteiger partial charge in [0.05, 0.1) is 11.8 Å². The molecule has 2 N–H and O–H groups in total. The Morgan fingerprint density at radius 3 is 2.29 bits per heavy atom. The van der Waals surface area contributed by atoms with E-state index in [1.807, 2.05) is 0 Å². The van der Waals surface area contributed by atoms with Gasteiger partial charge in [0.15, 0.2) is 6.23 Å². The molecule has 0 fully saturated rings. The molecule has 0 saturated heterocycles. The maximum absolute atomic E-state index is 11.9. The van der Waals surface area contributed by atoms with Gasteiger partial charge < -0.3 is 10.5 Å². The fourth-order valence-corrected chi connectivity index (χ4v) is 2.18. The van der Waals surface area contributed by atoms with Crippen molar-refractivity contribution in [1.82, 2.24) is 0 Å². The van der Waals surface area contributed by atoms with Crippen molar-refractivity contribution >= 4 is 16.1 Å². The predicted molar refractivity (Wildman–Crippen MR) is 79.2 cm³/mol. The molecule has 0 heterocycles. The van der Waals surface area contributed by atoms with Crippen LogP contribution in [0.3, 0.4) is 0 Å². The van der Waals surface area contributed by atoms with Gasteiger partial charge in [0.25, 0.3) is 10.1 Å². The van der Waals surface area contributed by atoms with Gasteiger partial charge in [-0.15, -0.1) is 0 Å². The highest BCUT2D eigenvalue weighted by molar-refractivity contribution is 7.86. The lowest BCUT2D eigenvalue weighted by Gasteiger charge is -2.20. The first-order valence-corrected chi connectivity index (χ1v) is 8.18. The summed E-state index contributed by atoms with van der Waals surface area (Å²) < 4.78 is 32.1. The second kappa shape index (κ2) is 6.13. The van der Waals surface area contributed by atoms with Crippen LogP contribution in [-0.4, -0.2) is 26.2 Å². The Kier molecular flexibility index (Phi) is 5.14. The van der Waals surface area contributed by atoms with E-state index in [0.717, 1.165) is 6.26 Å². The van der Waals surface area contributed by atoms with Crippen molar-refractivity contribution in [2.45, 2.75) is 39.5 Å². The lowest BCUT2D eigenvalue weighted by molar-refractivity contribution is 0.00692. The van der Waals surface area contributed by atoms with Crippen LogP contribution in [0.15, 0.2) is 18.2 Å². The summed E-state index contributed by atoms with van der Waals surface area (Å²) in [5, 5.41) is 0. The second-order valence-corrected chi connectivity index (χ2v) is 7.39. The third-order valence-electron chi connectivity index (χ3n) is 2.49. The van der Waals surface area contributed by atoms with Gasteiger partial charge in [-0.05, 0) is 51.0 Å². The Balaban J connectivity index is 2.98. The molecule has 0 aromatic heterocycles. The highest BCUT2D eigenvalue weighted by Gasteiger charge is 2.20. The van der Waals surface area contributed by atoms with Crippen LogP contribution in [0.4, 0.5) is 0 Å². The van der Waals surface area contributed by atoms with E-state index in [1.54, 1.807) is 39.8 Å². The van der Waals surface area contributed by atoms with E-state index >= 15 is 0 Å². The Morgan fingerprint density at radius 1 is 1.29 bits per heavy atom. The van der Waals surface area contributed by atoms with Gasteiger partial charge in [-0.3, -0.25) is 0 Å². The summed E-state index contributed by atoms with van der Waals surface area (Å²) in [6.45, 7) is 7.06. The van der Waals surface area contributed by atoms with Crippen LogP contribution in [0, 0.1) is 6.92 Å². The van der Waals surface area contributed by atoms with Crippen molar-refractivity contribution in [3.63, 3.8) is 0 Å². The number of carbonyl (C=O) groups is 1. The molecule has 0 aliphatic heterocycles. The number of hydrogen-bond acceptors (Lipinski definition) is 6. The van der Waals surface area contributed by atoms with Gasteiger partial charge in [0.2, 0.25) is 0 Å². The van der Waals surface area contributed by atoms with Crippen molar-refractivity contribution in [2.24, 2.45) is 5.73 Å². The molecule has 0 radical (unpaired) electrons. The Morgan fingerprint density at radius 2 is 1.86 bits per heavy atom. The second-order valence-electron chi connectivity index (χ2n) is 5.79. The number of hydrogen-bond donors (Lipinski definition) is 1. The SMILES string of the molecule is Cc1cc(C(=O)OC(C)(C)C)ccc1C(N)OS(C)(=O)=O. The first-order valence-electron chi connectivity index (χ1n) is 6.37. The molecule has 0 bridgehead atoms. The molecule has 1 unspecified atom stereocenters. The molecule has 0 amide bonds. The molecule has 21 heavy (non-hydrogen) atoms. The monoisotopic (exact) mass is 315 g/mol. The summed E-state index contributed by atoms with van der Waals surface area (Å²) in [6, 6.07) is 4.68. The minimum atomic E-state index is -3.66. The van der Waals surface area contributed by atoms with E-state index in [-0.39, 0.29) is 0 Å². The third kappa shape index (κ3) is 5.82. The molecule has 1 rings (SSSR count). The molecule has 7 heteroatoms. The van der Waals surface area contributed by atoms with Crippen LogP contribution in [0.2, 0.25) is 0 Å². The standard InChI is InChI=1S/C14H21NO5S/c1-9-8-10(13(16)19-14(2,3)4)6-7-11(9)12(15)20-21(5,17)18/h6-8,12H,15H2,1-5H3. The van der Waals surface area contributed by atoms with Crippen molar-refractivity contribution in [1.29, 1.82) is 0 Å². The van der Waals surface area contributed by atoms with E-state index in [9.17, 15) is 13.2 Å². The van der Waals surface area contributed by atoms with Crippen molar-refractivity contribution in [3.05, 3.63) is 34.9 Å². The Hall–Kier alpha value is -1.44. The van der Waals surface area contributed by atoms with Gasteiger partial charge in [-0.1, -0.05) is 6.07 Å². The predicted octanol–water partition coefficient (Wildman–Crippen LogP) is 1.88. The van der Waals surface area contributed by atoms with E-state index in [2.05, 4.69) is 0 Å². The zero-order valence-corrected chi connectivity index (χ0v) is 13.7. The lowest BCUT2D eigenvalue weighted by atomic mass is 10.0. The van der Waals surface area contributed by atoms with Gasteiger partial charge in [0.1, 0.15) is 5.60 Å². The first-order chi connectivity index (χ1) is 9.39. The van der Waals surface area contributed by atoms with E-state index in [4.69, 9.17) is 14.7 Å². The quantitative estimate of drug-likeness (QED) is 0.518. The van der Waals surface area contributed by atoms with Gasteiger partial charge in [-0.2, -0.15) is 8.42 Å². The van der Waals surface area contributed by atoms with Crippen LogP contribution in [-0.2, 0) is 19.0 Å². The molecule has 118 valence electrons. The minimum Gasteiger partial charge on any atom is -0.456 e. The molecular weight excluding hydrogens is 294 g/mol. The molecule has 1 aromatic rings. The lowest BCUT2D eigenvalue weighted by Crippen LogP contribution is -2.24. The molecule has 0 aliphatic rings. The number of benzene rings is 1. The topological polar surface area (TPSA) is 95.7 Å². The van der Waals surface area contributed by atoms with Crippen molar-refractivity contribution in [3.8, 4) is 0 Å². The summed E-state index contributed by atoms with van der Waals surface area (Å²) in [4.78, 5) is 11.9. The molecule has 0 spiro atoms. The van der Waals surface area contributed by atoms with Gasteiger partial charge in [-0.25, -0.2) is 8.98 Å². The van der Waals surface area contributed by atoms with Crippen molar-refractivity contribution in [2.75, 3.05) is 6.26 Å². The molecule has 0 saturated carbocycles. The van der Waals surface area contributed by atoms with E-state index in [0.29, 0.717) is 16.7 Å². The van der Waals surface area contributed by atoms with Crippen LogP contribution >= 0.6 is 0 Å². The summed E-state index contributed by atoms with van der Waals surface area (Å²) in [6.07, 6.45) is -0.176. The largest absolute Gasteiger partial charge is 0.456 e. The van der Waals surface area contributed by atoms with Gasteiger partial charge in [0, 0.05) is 0 Å². The average Bonchev–Trinajstić information content (AvgIpc) is 2.23. The molecule has 0 aliphatic carbocycles. The zero-order chi connectivity index (χ0) is 16.4.